The number of nitrogens with zero attached hydrogens (tertiary/aromatic N) is 2. The van der Waals surface area contributed by atoms with Gasteiger partial charge in [-0.3, -0.25) is 9.59 Å². The van der Waals surface area contributed by atoms with Crippen molar-refractivity contribution in [2.45, 2.75) is 18.9 Å². The van der Waals surface area contributed by atoms with Crippen LogP contribution in [0.3, 0.4) is 0 Å². The third-order valence-electron chi connectivity index (χ3n) is 4.27. The van der Waals surface area contributed by atoms with Crippen molar-refractivity contribution in [1.29, 1.82) is 0 Å². The summed E-state index contributed by atoms with van der Waals surface area (Å²) in [7, 11) is 0. The smallest absolute Gasteiger partial charge is 0.306 e. The lowest BCUT2D eigenvalue weighted by Crippen LogP contribution is -2.15. The Labute approximate surface area is 175 Å². The summed E-state index contributed by atoms with van der Waals surface area (Å²) in [4.78, 5) is 31.4. The van der Waals surface area contributed by atoms with E-state index in [2.05, 4.69) is 26.7 Å². The maximum absolute atomic E-state index is 11.8. The van der Waals surface area contributed by atoms with Crippen LogP contribution in [0.1, 0.15) is 12.0 Å². The number of amidine groups is 1. The van der Waals surface area contributed by atoms with Gasteiger partial charge in [0.05, 0.1) is 16.6 Å². The highest BCUT2D eigenvalue weighted by molar-refractivity contribution is 8.27. The summed E-state index contributed by atoms with van der Waals surface area (Å²) in [5.41, 5.74) is 2.94. The van der Waals surface area contributed by atoms with Crippen LogP contribution in [0.4, 0.5) is 10.8 Å². The van der Waals surface area contributed by atoms with Crippen molar-refractivity contribution in [1.82, 2.24) is 4.98 Å². The fraction of sp³-hybridized carbons (Fsp3) is 0.200. The van der Waals surface area contributed by atoms with E-state index in [1.807, 2.05) is 42.5 Å². The summed E-state index contributed by atoms with van der Waals surface area (Å²) in [6, 6.07) is 15.1. The molecule has 9 heteroatoms. The Morgan fingerprint density at radius 3 is 2.86 bits per heavy atom. The molecule has 3 aromatic rings. The van der Waals surface area contributed by atoms with E-state index in [9.17, 15) is 9.59 Å². The number of hydrogen-bond acceptors (Lipinski definition) is 8. The van der Waals surface area contributed by atoms with Crippen LogP contribution < -0.4 is 10.6 Å². The minimum absolute atomic E-state index is 0.244. The number of fused-ring (bicyclic) bond motifs is 1. The number of para-hydroxylation sites is 1. The van der Waals surface area contributed by atoms with Crippen molar-refractivity contribution in [3.63, 3.8) is 0 Å². The van der Waals surface area contributed by atoms with Crippen molar-refractivity contribution >= 4 is 60.4 Å². The maximum Gasteiger partial charge on any atom is 0.306 e. The number of aliphatic imine (C=N–C) groups is 1. The monoisotopic (exact) mass is 426 g/mol. The number of nitrogens with one attached hydrogen (secondary N) is 2. The van der Waals surface area contributed by atoms with E-state index < -0.39 is 12.0 Å². The first-order valence-corrected chi connectivity index (χ1v) is 10.7. The zero-order valence-corrected chi connectivity index (χ0v) is 16.9. The normalized spacial score (nSPS) is 16.1. The van der Waals surface area contributed by atoms with E-state index in [0.717, 1.165) is 51.3 Å². The second-order valence-corrected chi connectivity index (χ2v) is 8.48. The van der Waals surface area contributed by atoms with Gasteiger partial charge in [-0.1, -0.05) is 35.6 Å². The van der Waals surface area contributed by atoms with Gasteiger partial charge in [0.2, 0.25) is 5.12 Å². The number of thioether (sulfide) groups is 1. The topological polar surface area (TPSA) is 104 Å². The number of benzene rings is 2. The molecule has 1 aliphatic rings. The number of aromatic nitrogens is 1. The van der Waals surface area contributed by atoms with E-state index in [-0.39, 0.29) is 11.5 Å². The number of rotatable bonds is 7. The van der Waals surface area contributed by atoms with Gasteiger partial charge in [-0.05, 0) is 48.0 Å². The molecule has 3 N–H and O–H groups in total. The van der Waals surface area contributed by atoms with Gasteiger partial charge in [0, 0.05) is 12.2 Å². The van der Waals surface area contributed by atoms with Gasteiger partial charge in [0.25, 0.3) is 0 Å². The SMILES string of the molecule is O=C(O)C[C@@H]1N=C(Nc2cccc(CCNc3nc4ccccc4s3)c2)SC1=O. The quantitative estimate of drug-likeness (QED) is 0.527. The summed E-state index contributed by atoms with van der Waals surface area (Å²) < 4.78 is 1.16. The Balaban J connectivity index is 1.34. The molecule has 1 aliphatic heterocycles. The highest BCUT2D eigenvalue weighted by atomic mass is 32.2. The predicted molar refractivity (Wildman–Crippen MR) is 118 cm³/mol. The molecule has 0 amide bonds. The van der Waals surface area contributed by atoms with Gasteiger partial charge in [-0.15, -0.1) is 0 Å². The molecule has 4 rings (SSSR count). The highest BCUT2D eigenvalue weighted by Gasteiger charge is 2.29. The number of thiazole rings is 1. The maximum atomic E-state index is 11.8. The molecule has 2 heterocycles. The number of carboxylic acids is 1. The first-order chi connectivity index (χ1) is 14.1. The van der Waals surface area contributed by atoms with Crippen LogP contribution in [0.25, 0.3) is 10.2 Å². The summed E-state index contributed by atoms with van der Waals surface area (Å²) in [6.45, 7) is 0.748. The van der Waals surface area contributed by atoms with Crippen LogP contribution in [-0.2, 0) is 16.0 Å². The van der Waals surface area contributed by atoms with E-state index in [0.29, 0.717) is 5.17 Å². The van der Waals surface area contributed by atoms with Crippen LogP contribution in [0.5, 0.6) is 0 Å². The molecule has 1 atom stereocenters. The lowest BCUT2D eigenvalue weighted by molar-refractivity contribution is -0.138. The second kappa shape index (κ2) is 8.62. The van der Waals surface area contributed by atoms with Crippen molar-refractivity contribution in [3.8, 4) is 0 Å². The summed E-state index contributed by atoms with van der Waals surface area (Å²) in [5.74, 6) is -1.03. The largest absolute Gasteiger partial charge is 0.481 e. The Hall–Kier alpha value is -2.91. The summed E-state index contributed by atoms with van der Waals surface area (Å²) >= 11 is 2.59. The molecule has 0 unspecified atom stereocenters. The van der Waals surface area contributed by atoms with Crippen molar-refractivity contribution < 1.29 is 14.7 Å². The van der Waals surface area contributed by atoms with Crippen LogP contribution in [0.2, 0.25) is 0 Å². The molecule has 0 spiro atoms. The molecule has 29 heavy (non-hydrogen) atoms. The van der Waals surface area contributed by atoms with E-state index in [1.165, 1.54) is 0 Å². The molecular formula is C20H18N4O3S2. The molecule has 2 aromatic carbocycles. The van der Waals surface area contributed by atoms with Crippen molar-refractivity contribution in [2.75, 3.05) is 17.2 Å². The highest BCUT2D eigenvalue weighted by Crippen LogP contribution is 2.26. The van der Waals surface area contributed by atoms with E-state index in [4.69, 9.17) is 5.11 Å². The first kappa shape index (κ1) is 19.4. The van der Waals surface area contributed by atoms with Gasteiger partial charge in [-0.2, -0.15) is 0 Å². The van der Waals surface area contributed by atoms with Crippen molar-refractivity contribution in [2.24, 2.45) is 4.99 Å². The molecule has 0 bridgehead atoms. The molecular weight excluding hydrogens is 408 g/mol. The van der Waals surface area contributed by atoms with Crippen LogP contribution in [-0.4, -0.2) is 38.9 Å². The zero-order valence-electron chi connectivity index (χ0n) is 15.3. The fourth-order valence-corrected chi connectivity index (χ4v) is 4.63. The van der Waals surface area contributed by atoms with E-state index in [1.54, 1.807) is 11.3 Å². The molecule has 0 aliphatic carbocycles. The first-order valence-electron chi connectivity index (χ1n) is 9.03. The Kier molecular flexibility index (Phi) is 5.77. The second-order valence-electron chi connectivity index (χ2n) is 6.46. The Morgan fingerprint density at radius 1 is 1.17 bits per heavy atom. The molecule has 1 aromatic heterocycles. The number of carboxylic acid groups (broad SMARTS) is 1. The Bertz CT molecular complexity index is 1060. The third kappa shape index (κ3) is 4.93. The van der Waals surface area contributed by atoms with Crippen molar-refractivity contribution in [3.05, 3.63) is 54.1 Å². The minimum atomic E-state index is -1.03. The standard InChI is InChI=1S/C20H18N4O3S2/c25-17(26)11-15-18(27)29-20(24-15)22-13-5-3-4-12(10-13)8-9-21-19-23-14-6-1-2-7-16(14)28-19/h1-7,10,15H,8-9,11H2,(H,21,23)(H,22,24)(H,25,26)/t15-/m0/s1. The minimum Gasteiger partial charge on any atom is -0.481 e. The van der Waals surface area contributed by atoms with E-state index >= 15 is 0 Å². The molecule has 0 fully saturated rings. The number of anilines is 2. The number of hydrogen-bond donors (Lipinski definition) is 3. The Morgan fingerprint density at radius 2 is 2.03 bits per heavy atom. The zero-order chi connectivity index (χ0) is 20.2. The number of carbonyl (C=O) groups excluding carboxylic acids is 1. The average Bonchev–Trinajstić information content (AvgIpc) is 3.24. The van der Waals surface area contributed by atoms with Crippen LogP contribution in [0.15, 0.2) is 53.5 Å². The molecule has 148 valence electrons. The molecule has 0 saturated heterocycles. The average molecular weight is 427 g/mol. The number of aliphatic carboxylic acids is 1. The predicted octanol–water partition coefficient (Wildman–Crippen LogP) is 3.84. The molecule has 0 radical (unpaired) electrons. The van der Waals surface area contributed by atoms with Gasteiger partial charge < -0.3 is 15.7 Å². The number of carbonyl (C=O) groups is 2. The molecule has 7 nitrogen and oxygen atoms in total. The van der Waals surface area contributed by atoms with Gasteiger partial charge in [0.15, 0.2) is 10.3 Å². The summed E-state index contributed by atoms with van der Waals surface area (Å²) in [5, 5.41) is 16.4. The van der Waals surface area contributed by atoms with Gasteiger partial charge in [0.1, 0.15) is 6.04 Å². The van der Waals surface area contributed by atoms with Crippen LogP contribution in [0, 0.1) is 0 Å². The fourth-order valence-electron chi connectivity index (χ4n) is 2.93. The third-order valence-corrected chi connectivity index (χ3v) is 6.14. The van der Waals surface area contributed by atoms with Crippen LogP contribution >= 0.6 is 23.1 Å². The lowest BCUT2D eigenvalue weighted by Gasteiger charge is -2.08. The lowest BCUT2D eigenvalue weighted by atomic mass is 10.1. The molecule has 0 saturated carbocycles. The summed E-state index contributed by atoms with van der Waals surface area (Å²) in [6.07, 6.45) is 0.528. The van der Waals surface area contributed by atoms with Gasteiger partial charge in [-0.25, -0.2) is 9.98 Å². The van der Waals surface area contributed by atoms with Gasteiger partial charge >= 0.3 is 5.97 Å².